The molecule has 1 fully saturated rings. The van der Waals surface area contributed by atoms with E-state index in [9.17, 15) is 4.79 Å². The third-order valence-electron chi connectivity index (χ3n) is 3.20. The number of H-pyrrole nitrogens is 1. The molecule has 1 aliphatic carbocycles. The number of hydrogen-bond acceptors (Lipinski definition) is 2. The van der Waals surface area contributed by atoms with Gasteiger partial charge in [0, 0.05) is 17.8 Å². The normalized spacial score (nSPS) is 18.5. The Morgan fingerprint density at radius 2 is 2.47 bits per heavy atom. The van der Waals surface area contributed by atoms with Crippen LogP contribution in [0.1, 0.15) is 56.0 Å². The van der Waals surface area contributed by atoms with Crippen molar-refractivity contribution in [2.75, 3.05) is 0 Å². The zero-order chi connectivity index (χ0) is 10.8. The lowest BCUT2D eigenvalue weighted by Gasteiger charge is -2.23. The van der Waals surface area contributed by atoms with E-state index in [4.69, 9.17) is 5.11 Å². The van der Waals surface area contributed by atoms with Gasteiger partial charge in [0.2, 0.25) is 0 Å². The van der Waals surface area contributed by atoms with Crippen molar-refractivity contribution in [1.29, 1.82) is 0 Å². The van der Waals surface area contributed by atoms with Gasteiger partial charge < -0.3 is 10.1 Å². The Morgan fingerprint density at radius 3 is 2.93 bits per heavy atom. The molecule has 1 aliphatic rings. The molecule has 82 valence electrons. The molecular formula is C11H16N2O2. The number of hydrogen-bond donors (Lipinski definition) is 2. The van der Waals surface area contributed by atoms with Crippen molar-refractivity contribution < 1.29 is 9.90 Å². The van der Waals surface area contributed by atoms with Gasteiger partial charge >= 0.3 is 5.97 Å². The first-order valence-electron chi connectivity index (χ1n) is 5.50. The first-order chi connectivity index (χ1) is 7.22. The second-order valence-corrected chi connectivity index (χ2v) is 4.15. The molecule has 0 amide bonds. The van der Waals surface area contributed by atoms with Crippen LogP contribution in [0, 0.1) is 0 Å². The Labute approximate surface area is 88.7 Å². The van der Waals surface area contributed by atoms with Gasteiger partial charge in [-0.1, -0.05) is 13.3 Å². The highest BCUT2D eigenvalue weighted by molar-refractivity contribution is 5.74. The monoisotopic (exact) mass is 208 g/mol. The zero-order valence-corrected chi connectivity index (χ0v) is 8.86. The van der Waals surface area contributed by atoms with Crippen molar-refractivity contribution in [1.82, 2.24) is 9.97 Å². The largest absolute Gasteiger partial charge is 0.481 e. The minimum absolute atomic E-state index is 0.487. The molecular weight excluding hydrogens is 192 g/mol. The quantitative estimate of drug-likeness (QED) is 0.797. The third kappa shape index (κ3) is 1.89. The first-order valence-corrected chi connectivity index (χ1v) is 5.50. The van der Waals surface area contributed by atoms with Crippen LogP contribution in [0.4, 0.5) is 0 Å². The van der Waals surface area contributed by atoms with E-state index in [1.165, 1.54) is 19.3 Å². The molecule has 1 unspecified atom stereocenters. The van der Waals surface area contributed by atoms with Crippen LogP contribution >= 0.6 is 0 Å². The van der Waals surface area contributed by atoms with E-state index in [-0.39, 0.29) is 0 Å². The number of imidazole rings is 1. The van der Waals surface area contributed by atoms with E-state index >= 15 is 0 Å². The number of nitrogens with one attached hydrogen (secondary N) is 1. The fourth-order valence-electron chi connectivity index (χ4n) is 1.94. The standard InChI is InChI=1S/C11H16N2O2/c1-2-8(11(14)15)10-12-6-9(13-10)7-4-3-5-7/h6-8H,2-5H2,1H3,(H,12,13)(H,14,15). The van der Waals surface area contributed by atoms with Crippen LogP contribution in [0.2, 0.25) is 0 Å². The van der Waals surface area contributed by atoms with E-state index < -0.39 is 11.9 Å². The van der Waals surface area contributed by atoms with Crippen molar-refractivity contribution in [3.8, 4) is 0 Å². The molecule has 1 aromatic rings. The molecule has 15 heavy (non-hydrogen) atoms. The summed E-state index contributed by atoms with van der Waals surface area (Å²) >= 11 is 0. The fourth-order valence-corrected chi connectivity index (χ4v) is 1.94. The maximum Gasteiger partial charge on any atom is 0.314 e. The smallest absolute Gasteiger partial charge is 0.314 e. The number of carboxylic acids is 1. The minimum Gasteiger partial charge on any atom is -0.481 e. The van der Waals surface area contributed by atoms with Gasteiger partial charge in [0.1, 0.15) is 11.7 Å². The Balaban J connectivity index is 2.14. The number of aromatic amines is 1. The highest BCUT2D eigenvalue weighted by atomic mass is 16.4. The topological polar surface area (TPSA) is 66.0 Å². The summed E-state index contributed by atoms with van der Waals surface area (Å²) in [4.78, 5) is 18.3. The van der Waals surface area contributed by atoms with Crippen LogP contribution in [0.3, 0.4) is 0 Å². The van der Waals surface area contributed by atoms with Gasteiger partial charge in [-0.2, -0.15) is 0 Å². The molecule has 0 aromatic carbocycles. The molecule has 0 bridgehead atoms. The summed E-state index contributed by atoms with van der Waals surface area (Å²) in [5, 5.41) is 8.99. The lowest BCUT2D eigenvalue weighted by molar-refractivity contribution is -0.139. The van der Waals surface area contributed by atoms with Crippen molar-refractivity contribution in [3.05, 3.63) is 17.7 Å². The molecule has 2 rings (SSSR count). The Kier molecular flexibility index (Phi) is 2.75. The van der Waals surface area contributed by atoms with Crippen LogP contribution in [-0.2, 0) is 4.79 Å². The highest BCUT2D eigenvalue weighted by Gasteiger charge is 2.25. The predicted molar refractivity (Wildman–Crippen MR) is 55.8 cm³/mol. The van der Waals surface area contributed by atoms with Crippen LogP contribution < -0.4 is 0 Å². The number of aromatic nitrogens is 2. The van der Waals surface area contributed by atoms with Crippen LogP contribution in [0.25, 0.3) is 0 Å². The van der Waals surface area contributed by atoms with Crippen molar-refractivity contribution >= 4 is 5.97 Å². The van der Waals surface area contributed by atoms with Crippen LogP contribution in [0.5, 0.6) is 0 Å². The molecule has 4 nitrogen and oxygen atoms in total. The summed E-state index contributed by atoms with van der Waals surface area (Å²) in [6.07, 6.45) is 6.05. The minimum atomic E-state index is -0.799. The fraction of sp³-hybridized carbons (Fsp3) is 0.636. The Hall–Kier alpha value is -1.32. The summed E-state index contributed by atoms with van der Waals surface area (Å²) in [5.41, 5.74) is 1.11. The van der Waals surface area contributed by atoms with Gasteiger partial charge in [-0.15, -0.1) is 0 Å². The molecule has 0 radical (unpaired) electrons. The predicted octanol–water partition coefficient (Wildman–Crippen LogP) is 2.26. The van der Waals surface area contributed by atoms with Gasteiger partial charge in [0.25, 0.3) is 0 Å². The molecule has 1 saturated carbocycles. The van der Waals surface area contributed by atoms with Gasteiger partial charge in [0.15, 0.2) is 0 Å². The third-order valence-corrected chi connectivity index (χ3v) is 3.20. The maximum atomic E-state index is 10.9. The van der Waals surface area contributed by atoms with Crippen molar-refractivity contribution in [3.63, 3.8) is 0 Å². The van der Waals surface area contributed by atoms with E-state index in [0.717, 1.165) is 5.69 Å². The second kappa shape index (κ2) is 4.04. The molecule has 1 heterocycles. The molecule has 0 saturated heterocycles. The van der Waals surface area contributed by atoms with E-state index in [1.807, 2.05) is 6.92 Å². The van der Waals surface area contributed by atoms with Gasteiger partial charge in [-0.3, -0.25) is 4.79 Å². The number of aliphatic carboxylic acids is 1. The molecule has 2 N–H and O–H groups in total. The number of carboxylic acid groups (broad SMARTS) is 1. The average molecular weight is 208 g/mol. The van der Waals surface area contributed by atoms with E-state index in [0.29, 0.717) is 18.2 Å². The van der Waals surface area contributed by atoms with Gasteiger partial charge in [-0.05, 0) is 19.3 Å². The lowest BCUT2D eigenvalue weighted by Crippen LogP contribution is -2.13. The van der Waals surface area contributed by atoms with Gasteiger partial charge in [0.05, 0.1) is 0 Å². The average Bonchev–Trinajstić information content (AvgIpc) is 2.51. The summed E-state index contributed by atoms with van der Waals surface area (Å²) in [6.45, 7) is 1.87. The molecule has 4 heteroatoms. The maximum absolute atomic E-state index is 10.9. The second-order valence-electron chi connectivity index (χ2n) is 4.15. The Morgan fingerprint density at radius 1 is 1.73 bits per heavy atom. The summed E-state index contributed by atoms with van der Waals surface area (Å²) in [5.74, 6) is -0.102. The summed E-state index contributed by atoms with van der Waals surface area (Å²) in [7, 11) is 0. The SMILES string of the molecule is CCC(C(=O)O)c1ncc(C2CCC2)[nH]1. The molecule has 0 aliphatic heterocycles. The molecule has 1 aromatic heterocycles. The number of nitrogens with zero attached hydrogens (tertiary/aromatic N) is 1. The van der Waals surface area contributed by atoms with E-state index in [1.54, 1.807) is 6.20 Å². The highest BCUT2D eigenvalue weighted by Crippen LogP contribution is 2.35. The number of carbonyl (C=O) groups is 1. The first kappa shape index (κ1) is 10.2. The summed E-state index contributed by atoms with van der Waals surface area (Å²) in [6, 6.07) is 0. The van der Waals surface area contributed by atoms with E-state index in [2.05, 4.69) is 9.97 Å². The lowest BCUT2D eigenvalue weighted by atomic mass is 9.83. The van der Waals surface area contributed by atoms with Crippen LogP contribution in [0.15, 0.2) is 6.20 Å². The van der Waals surface area contributed by atoms with Crippen molar-refractivity contribution in [2.45, 2.75) is 44.4 Å². The molecule has 1 atom stereocenters. The Bertz CT molecular complexity index is 355. The van der Waals surface area contributed by atoms with Crippen LogP contribution in [-0.4, -0.2) is 21.0 Å². The summed E-state index contributed by atoms with van der Waals surface area (Å²) < 4.78 is 0. The zero-order valence-electron chi connectivity index (χ0n) is 8.86. The van der Waals surface area contributed by atoms with Gasteiger partial charge in [-0.25, -0.2) is 4.98 Å². The number of rotatable bonds is 4. The molecule has 0 spiro atoms. The van der Waals surface area contributed by atoms with Crippen molar-refractivity contribution in [2.24, 2.45) is 0 Å².